The van der Waals surface area contributed by atoms with Crippen LogP contribution < -0.4 is 4.90 Å². The summed E-state index contributed by atoms with van der Waals surface area (Å²) in [6.07, 6.45) is 3.52. The summed E-state index contributed by atoms with van der Waals surface area (Å²) in [7, 11) is 0. The Morgan fingerprint density at radius 3 is 2.23 bits per heavy atom. The summed E-state index contributed by atoms with van der Waals surface area (Å²) in [6, 6.07) is 16.3. The Hall–Kier alpha value is -3.72. The van der Waals surface area contributed by atoms with Crippen LogP contribution in [0.5, 0.6) is 0 Å². The van der Waals surface area contributed by atoms with Crippen molar-refractivity contribution in [2.24, 2.45) is 5.92 Å². The quantitative estimate of drug-likeness (QED) is 0.601. The van der Waals surface area contributed by atoms with Gasteiger partial charge in [-0.3, -0.25) is 14.3 Å². The summed E-state index contributed by atoms with van der Waals surface area (Å²) in [6.45, 7) is 2.62. The summed E-state index contributed by atoms with van der Waals surface area (Å²) in [5, 5.41) is 13.8. The molecule has 6 nitrogen and oxygen atoms in total. The molecule has 3 aromatic rings. The Kier molecular flexibility index (Phi) is 4.25. The van der Waals surface area contributed by atoms with Gasteiger partial charge in [-0.1, -0.05) is 37.1 Å². The maximum Gasteiger partial charge on any atom is 0.267 e. The third-order valence-electron chi connectivity index (χ3n) is 5.90. The number of rotatable bonds is 5. The Morgan fingerprint density at radius 2 is 1.67 bits per heavy atom. The highest BCUT2D eigenvalue weighted by molar-refractivity contribution is 6.34. The molecule has 0 atom stereocenters. The van der Waals surface area contributed by atoms with Gasteiger partial charge in [0.15, 0.2) is 5.82 Å². The topological polar surface area (TPSA) is 79.0 Å². The molecule has 0 spiro atoms. The lowest BCUT2D eigenvalue weighted by Crippen LogP contribution is -2.30. The Balaban J connectivity index is 1.60. The second-order valence-corrected chi connectivity index (χ2v) is 7.93. The van der Waals surface area contributed by atoms with Crippen LogP contribution >= 0.6 is 0 Å². The van der Waals surface area contributed by atoms with Crippen LogP contribution in [-0.2, 0) is 6.54 Å². The molecule has 1 aromatic heterocycles. The van der Waals surface area contributed by atoms with Crippen molar-refractivity contribution in [2.75, 3.05) is 4.90 Å². The molecule has 0 N–H and O–H groups in total. The highest BCUT2D eigenvalue weighted by Gasteiger charge is 2.39. The van der Waals surface area contributed by atoms with Crippen molar-refractivity contribution < 1.29 is 9.59 Å². The maximum atomic E-state index is 13.0. The van der Waals surface area contributed by atoms with E-state index in [1.54, 1.807) is 36.4 Å². The van der Waals surface area contributed by atoms with Crippen LogP contribution in [0.15, 0.2) is 48.5 Å². The summed E-state index contributed by atoms with van der Waals surface area (Å²) in [4.78, 5) is 27.2. The molecular weight excluding hydrogens is 376 g/mol. The number of aryl methyl sites for hydroxylation is 1. The van der Waals surface area contributed by atoms with E-state index in [1.807, 2.05) is 23.7 Å². The zero-order valence-electron chi connectivity index (χ0n) is 16.6. The summed E-state index contributed by atoms with van der Waals surface area (Å²) in [5.41, 5.74) is 3.99. The van der Waals surface area contributed by atoms with Gasteiger partial charge in [0.25, 0.3) is 11.8 Å². The fraction of sp³-hybridized carbons (Fsp3) is 0.250. The molecule has 0 radical (unpaired) electrons. The van der Waals surface area contributed by atoms with E-state index in [-0.39, 0.29) is 11.8 Å². The largest absolute Gasteiger partial charge is 0.268 e. The van der Waals surface area contributed by atoms with Crippen LogP contribution in [0.3, 0.4) is 0 Å². The van der Waals surface area contributed by atoms with Crippen molar-refractivity contribution in [1.82, 2.24) is 9.78 Å². The molecule has 1 aliphatic carbocycles. The highest BCUT2D eigenvalue weighted by Crippen LogP contribution is 2.37. The third kappa shape index (κ3) is 2.91. The van der Waals surface area contributed by atoms with Crippen LogP contribution in [0.1, 0.15) is 51.1 Å². The second kappa shape index (κ2) is 6.96. The van der Waals surface area contributed by atoms with Gasteiger partial charge >= 0.3 is 0 Å². The number of benzene rings is 2. The monoisotopic (exact) mass is 396 g/mol. The second-order valence-electron chi connectivity index (χ2n) is 7.93. The number of amides is 2. The SMILES string of the molecule is Cc1c(N2C(=O)c3ccccc3C2=O)nn(CCC2CC2)c1-c1ccc(C#N)cc1. The number of hydrogen-bond acceptors (Lipinski definition) is 4. The zero-order chi connectivity index (χ0) is 20.8. The average molecular weight is 396 g/mol. The van der Waals surface area contributed by atoms with Crippen LogP contribution in [0.4, 0.5) is 5.82 Å². The Morgan fingerprint density at radius 1 is 1.03 bits per heavy atom. The molecule has 2 aromatic carbocycles. The molecule has 148 valence electrons. The minimum atomic E-state index is -0.336. The minimum Gasteiger partial charge on any atom is -0.268 e. The van der Waals surface area contributed by atoms with Crippen molar-refractivity contribution in [2.45, 2.75) is 32.7 Å². The number of aromatic nitrogens is 2. The number of fused-ring (bicyclic) bond motifs is 1. The number of nitrogens with zero attached hydrogens (tertiary/aromatic N) is 4. The third-order valence-corrected chi connectivity index (χ3v) is 5.90. The molecule has 1 saturated carbocycles. The number of carbonyl (C=O) groups is 2. The molecule has 0 saturated heterocycles. The van der Waals surface area contributed by atoms with Crippen LogP contribution in [-0.4, -0.2) is 21.6 Å². The molecule has 6 heteroatoms. The lowest BCUT2D eigenvalue weighted by atomic mass is 10.1. The predicted octanol–water partition coefficient (Wildman–Crippen LogP) is 4.33. The number of carbonyl (C=O) groups excluding carboxylic acids is 2. The highest BCUT2D eigenvalue weighted by atomic mass is 16.2. The zero-order valence-corrected chi connectivity index (χ0v) is 16.6. The molecule has 5 rings (SSSR count). The molecule has 2 heterocycles. The normalized spacial score (nSPS) is 15.4. The van der Waals surface area contributed by atoms with Gasteiger partial charge < -0.3 is 0 Å². The van der Waals surface area contributed by atoms with Crippen molar-refractivity contribution in [3.05, 3.63) is 70.8 Å². The van der Waals surface area contributed by atoms with Gasteiger partial charge in [-0.15, -0.1) is 0 Å². The average Bonchev–Trinajstić information content (AvgIpc) is 3.51. The van der Waals surface area contributed by atoms with E-state index in [0.29, 0.717) is 22.5 Å². The molecule has 0 unspecified atom stereocenters. The first kappa shape index (κ1) is 18.3. The lowest BCUT2D eigenvalue weighted by Gasteiger charge is -2.11. The van der Waals surface area contributed by atoms with Gasteiger partial charge in [-0.05, 0) is 43.5 Å². The smallest absolute Gasteiger partial charge is 0.267 e. The molecule has 1 fully saturated rings. The van der Waals surface area contributed by atoms with Crippen molar-refractivity contribution >= 4 is 17.6 Å². The Bertz CT molecular complexity index is 1180. The fourth-order valence-electron chi connectivity index (χ4n) is 4.07. The molecular formula is C24H20N4O2. The van der Waals surface area contributed by atoms with Crippen molar-refractivity contribution in [3.8, 4) is 17.3 Å². The van der Waals surface area contributed by atoms with Gasteiger partial charge in [0.05, 0.1) is 28.5 Å². The van der Waals surface area contributed by atoms with Crippen LogP contribution in [0, 0.1) is 24.2 Å². The Labute approximate surface area is 174 Å². The van der Waals surface area contributed by atoms with E-state index in [9.17, 15) is 9.59 Å². The first-order chi connectivity index (χ1) is 14.6. The molecule has 0 bridgehead atoms. The summed E-state index contributed by atoms with van der Waals surface area (Å²) < 4.78 is 1.91. The van der Waals surface area contributed by atoms with Crippen LogP contribution in [0.2, 0.25) is 0 Å². The van der Waals surface area contributed by atoms with E-state index < -0.39 is 0 Å². The number of anilines is 1. The van der Waals surface area contributed by atoms with E-state index in [4.69, 9.17) is 10.4 Å². The van der Waals surface area contributed by atoms with Crippen molar-refractivity contribution in [1.29, 1.82) is 5.26 Å². The fourth-order valence-corrected chi connectivity index (χ4v) is 4.07. The number of hydrogen-bond donors (Lipinski definition) is 0. The van der Waals surface area contributed by atoms with Crippen LogP contribution in [0.25, 0.3) is 11.3 Å². The lowest BCUT2D eigenvalue weighted by molar-refractivity contribution is 0.0924. The summed E-state index contributed by atoms with van der Waals surface area (Å²) in [5.74, 6) is 0.441. The molecule has 2 amide bonds. The van der Waals surface area contributed by atoms with E-state index in [0.717, 1.165) is 35.7 Å². The number of imide groups is 1. The first-order valence-electron chi connectivity index (χ1n) is 10.1. The standard InChI is InChI=1S/C24H20N4O2/c1-15-21(18-10-8-17(14-25)9-11-18)27(13-12-16-6-7-16)26-22(15)28-23(29)19-4-2-3-5-20(19)24(28)30/h2-5,8-11,16H,6-7,12-13H2,1H3. The molecule has 30 heavy (non-hydrogen) atoms. The first-order valence-corrected chi connectivity index (χ1v) is 10.1. The maximum absolute atomic E-state index is 13.0. The van der Waals surface area contributed by atoms with Gasteiger partial charge in [-0.2, -0.15) is 10.4 Å². The van der Waals surface area contributed by atoms with E-state index in [2.05, 4.69) is 6.07 Å². The van der Waals surface area contributed by atoms with Gasteiger partial charge in [0.2, 0.25) is 0 Å². The summed E-state index contributed by atoms with van der Waals surface area (Å²) >= 11 is 0. The van der Waals surface area contributed by atoms with Gasteiger partial charge in [-0.25, -0.2) is 4.90 Å². The predicted molar refractivity (Wildman–Crippen MR) is 112 cm³/mol. The minimum absolute atomic E-state index is 0.336. The molecule has 2 aliphatic rings. The molecule has 1 aliphatic heterocycles. The van der Waals surface area contributed by atoms with E-state index in [1.165, 1.54) is 17.7 Å². The van der Waals surface area contributed by atoms with Gasteiger partial charge in [0, 0.05) is 17.7 Å². The number of nitriles is 1. The van der Waals surface area contributed by atoms with Crippen molar-refractivity contribution in [3.63, 3.8) is 0 Å². The van der Waals surface area contributed by atoms with Gasteiger partial charge in [0.1, 0.15) is 0 Å². The van der Waals surface area contributed by atoms with E-state index >= 15 is 0 Å².